The fraction of sp³-hybridized carbons (Fsp3) is 0.273. The zero-order valence-corrected chi connectivity index (χ0v) is 37.0. The average molecular weight is 893 g/mol. The number of nitrogens with zero attached hydrogens (tertiary/aromatic N) is 8. The molecule has 2 saturated heterocycles. The SMILES string of the molecule is COc1ccccc1Cc1csc(N2CCN(S(=O)(=O)c3ccccc3C#N)CC2)n1.Cc1ccccc1Cc1csc(N2CCN(S(=O)(=O)c3ccccc3C#N)CC2)n1. The van der Waals surface area contributed by atoms with Crippen LogP contribution in [0.4, 0.5) is 10.3 Å². The molecule has 4 heterocycles. The highest BCUT2D eigenvalue weighted by atomic mass is 32.2. The lowest BCUT2D eigenvalue weighted by Crippen LogP contribution is -2.48. The van der Waals surface area contributed by atoms with Gasteiger partial charge in [-0.2, -0.15) is 19.1 Å². The Labute approximate surface area is 365 Å². The number of ether oxygens (including phenoxy) is 1. The van der Waals surface area contributed by atoms with Gasteiger partial charge in [-0.25, -0.2) is 26.8 Å². The number of hydrogen-bond donors (Lipinski definition) is 0. The molecule has 13 nitrogen and oxygen atoms in total. The van der Waals surface area contributed by atoms with Crippen molar-refractivity contribution in [1.82, 2.24) is 18.6 Å². The highest BCUT2D eigenvalue weighted by Crippen LogP contribution is 2.29. The Kier molecular flexibility index (Phi) is 13.8. The molecule has 61 heavy (non-hydrogen) atoms. The maximum absolute atomic E-state index is 13.0. The molecule has 2 fully saturated rings. The number of para-hydroxylation sites is 1. The van der Waals surface area contributed by atoms with Crippen molar-refractivity contribution in [3.05, 3.63) is 147 Å². The quantitative estimate of drug-likeness (QED) is 0.139. The van der Waals surface area contributed by atoms with Crippen LogP contribution in [0.2, 0.25) is 0 Å². The van der Waals surface area contributed by atoms with Crippen molar-refractivity contribution in [2.75, 3.05) is 69.3 Å². The summed E-state index contributed by atoms with van der Waals surface area (Å²) in [5, 5.41) is 24.4. The molecule has 0 amide bonds. The number of thiazole rings is 2. The van der Waals surface area contributed by atoms with Crippen molar-refractivity contribution in [3.63, 3.8) is 0 Å². The van der Waals surface area contributed by atoms with Gasteiger partial charge in [0.2, 0.25) is 20.0 Å². The summed E-state index contributed by atoms with van der Waals surface area (Å²) in [7, 11) is -5.72. The second-order valence-corrected chi connectivity index (χ2v) is 19.8. The summed E-state index contributed by atoms with van der Waals surface area (Å²) in [6, 6.07) is 32.8. The maximum atomic E-state index is 13.0. The number of rotatable bonds is 11. The number of benzene rings is 4. The first-order valence-electron chi connectivity index (χ1n) is 19.6. The van der Waals surface area contributed by atoms with E-state index < -0.39 is 20.0 Å². The van der Waals surface area contributed by atoms with Gasteiger partial charge in [-0.05, 0) is 48.4 Å². The number of anilines is 2. The zero-order chi connectivity index (χ0) is 43.0. The fourth-order valence-electron chi connectivity index (χ4n) is 7.18. The van der Waals surface area contributed by atoms with Gasteiger partial charge in [0.05, 0.1) is 39.4 Å². The van der Waals surface area contributed by atoms with Crippen molar-refractivity contribution >= 4 is 53.0 Å². The highest BCUT2D eigenvalue weighted by molar-refractivity contribution is 7.89. The molecule has 2 aromatic heterocycles. The van der Waals surface area contributed by atoms with E-state index in [0.29, 0.717) is 58.8 Å². The van der Waals surface area contributed by atoms with E-state index in [2.05, 4.69) is 34.2 Å². The number of aryl methyl sites for hydroxylation is 1. The lowest BCUT2D eigenvalue weighted by atomic mass is 10.1. The minimum absolute atomic E-state index is 0.0688. The predicted molar refractivity (Wildman–Crippen MR) is 238 cm³/mol. The van der Waals surface area contributed by atoms with Crippen molar-refractivity contribution in [2.45, 2.75) is 29.6 Å². The van der Waals surface area contributed by atoms with Crippen LogP contribution in [0.1, 0.15) is 39.2 Å². The van der Waals surface area contributed by atoms with Crippen LogP contribution in [-0.4, -0.2) is 94.9 Å². The summed E-state index contributed by atoms with van der Waals surface area (Å²) >= 11 is 3.16. The average Bonchev–Trinajstić information content (AvgIpc) is 3.98. The van der Waals surface area contributed by atoms with Crippen molar-refractivity contribution in [3.8, 4) is 17.9 Å². The van der Waals surface area contributed by atoms with E-state index in [0.717, 1.165) is 39.4 Å². The summed E-state index contributed by atoms with van der Waals surface area (Å²) in [6.45, 7) is 5.80. The molecule has 2 aliphatic heterocycles. The fourth-order valence-corrected chi connectivity index (χ4v) is 12.1. The van der Waals surface area contributed by atoms with Crippen LogP contribution in [0.3, 0.4) is 0 Å². The predicted octanol–water partition coefficient (Wildman–Crippen LogP) is 6.55. The van der Waals surface area contributed by atoms with Crippen LogP contribution in [-0.2, 0) is 32.9 Å². The minimum atomic E-state index is -3.70. The summed E-state index contributed by atoms with van der Waals surface area (Å²) in [6.07, 6.45) is 1.47. The van der Waals surface area contributed by atoms with Crippen LogP contribution in [0.25, 0.3) is 0 Å². The van der Waals surface area contributed by atoms with Gasteiger partial charge >= 0.3 is 0 Å². The third kappa shape index (κ3) is 9.95. The third-order valence-corrected chi connectivity index (χ3v) is 16.4. The molecule has 0 unspecified atom stereocenters. The van der Waals surface area contributed by atoms with Crippen molar-refractivity contribution in [1.29, 1.82) is 10.5 Å². The summed E-state index contributed by atoms with van der Waals surface area (Å²) in [4.78, 5) is 13.9. The molecule has 2 aliphatic rings. The summed E-state index contributed by atoms with van der Waals surface area (Å²) in [5.74, 6) is 0.841. The van der Waals surface area contributed by atoms with E-state index in [1.807, 2.05) is 53.9 Å². The van der Waals surface area contributed by atoms with Crippen LogP contribution in [0, 0.1) is 29.6 Å². The van der Waals surface area contributed by atoms with E-state index in [4.69, 9.17) is 14.7 Å². The maximum Gasteiger partial charge on any atom is 0.244 e. The van der Waals surface area contributed by atoms with E-state index in [1.165, 1.54) is 44.0 Å². The highest BCUT2D eigenvalue weighted by Gasteiger charge is 2.32. The molecule has 0 N–H and O–H groups in total. The molecule has 0 radical (unpaired) electrons. The largest absolute Gasteiger partial charge is 0.496 e. The molecule has 0 atom stereocenters. The van der Waals surface area contributed by atoms with Gasteiger partial charge in [0.1, 0.15) is 17.9 Å². The van der Waals surface area contributed by atoms with E-state index in [1.54, 1.807) is 54.0 Å². The minimum Gasteiger partial charge on any atom is -0.496 e. The Bertz CT molecular complexity index is 2780. The number of aromatic nitrogens is 2. The van der Waals surface area contributed by atoms with Crippen molar-refractivity contribution < 1.29 is 21.6 Å². The molecule has 0 aliphatic carbocycles. The molecular formula is C44H44N8O5S4. The van der Waals surface area contributed by atoms with Gasteiger partial charge in [-0.1, -0.05) is 66.7 Å². The van der Waals surface area contributed by atoms with Crippen LogP contribution < -0.4 is 14.5 Å². The molecule has 0 saturated carbocycles. The molecule has 17 heteroatoms. The Morgan fingerprint density at radius 3 is 1.46 bits per heavy atom. The standard InChI is InChI=1S/C22H22N4O3S2.C22H22N4O2S2/c1-29-20-8-4-2-6-17(20)14-19-16-30-22(24-19)25-10-12-26(13-11-25)31(27,28)21-9-5-3-7-18(21)15-23;1-17-6-2-3-7-18(17)14-20-16-29-22(24-20)25-10-12-26(13-11-25)30(27,28)21-9-5-4-8-19(21)15-23/h2-9,16H,10-14H2,1H3;2-9,16H,10-14H2,1H3. The Balaban J connectivity index is 0.000000184. The van der Waals surface area contributed by atoms with Gasteiger partial charge < -0.3 is 14.5 Å². The number of piperazine rings is 2. The van der Waals surface area contributed by atoms with Crippen molar-refractivity contribution in [2.24, 2.45) is 0 Å². The second-order valence-electron chi connectivity index (χ2n) is 14.3. The number of methoxy groups -OCH3 is 1. The summed E-state index contributed by atoms with van der Waals surface area (Å²) in [5.41, 5.74) is 5.94. The normalized spacial score (nSPS) is 15.0. The van der Waals surface area contributed by atoms with Crippen LogP contribution in [0.15, 0.2) is 118 Å². The van der Waals surface area contributed by atoms with Gasteiger partial charge in [-0.15, -0.1) is 22.7 Å². The molecule has 314 valence electrons. The molecule has 0 spiro atoms. The number of nitriles is 2. The van der Waals surface area contributed by atoms with Crippen LogP contribution in [0.5, 0.6) is 5.75 Å². The lowest BCUT2D eigenvalue weighted by Gasteiger charge is -2.33. The van der Waals surface area contributed by atoms with E-state index in [-0.39, 0.29) is 20.9 Å². The van der Waals surface area contributed by atoms with E-state index >= 15 is 0 Å². The van der Waals surface area contributed by atoms with Gasteiger partial charge in [0, 0.05) is 81.5 Å². The first kappa shape index (κ1) is 43.4. The Morgan fingerprint density at radius 2 is 1.00 bits per heavy atom. The monoisotopic (exact) mass is 892 g/mol. The van der Waals surface area contributed by atoms with Crippen LogP contribution >= 0.6 is 22.7 Å². The first-order valence-corrected chi connectivity index (χ1v) is 24.2. The lowest BCUT2D eigenvalue weighted by molar-refractivity contribution is 0.384. The van der Waals surface area contributed by atoms with Gasteiger partial charge in [-0.3, -0.25) is 0 Å². The third-order valence-electron chi connectivity index (χ3n) is 10.5. The number of sulfonamides is 2. The number of hydrogen-bond acceptors (Lipinski definition) is 13. The molecular weight excluding hydrogens is 849 g/mol. The zero-order valence-electron chi connectivity index (χ0n) is 33.7. The Hall–Kier alpha value is -5.66. The summed E-state index contributed by atoms with van der Waals surface area (Å²) < 4.78 is 60.3. The second kappa shape index (κ2) is 19.4. The Morgan fingerprint density at radius 1 is 0.590 bits per heavy atom. The molecule has 0 bridgehead atoms. The molecule has 8 rings (SSSR count). The first-order chi connectivity index (χ1) is 29.5. The van der Waals surface area contributed by atoms with Gasteiger partial charge in [0.15, 0.2) is 10.3 Å². The van der Waals surface area contributed by atoms with Gasteiger partial charge in [0.25, 0.3) is 0 Å². The smallest absolute Gasteiger partial charge is 0.244 e. The van der Waals surface area contributed by atoms with E-state index in [9.17, 15) is 27.4 Å². The molecule has 4 aromatic carbocycles. The molecule has 6 aromatic rings. The topological polar surface area (TPSA) is 164 Å².